The molecule has 3 rings (SSSR count). The normalized spacial score (nSPS) is 20.4. The minimum absolute atomic E-state index is 0.202. The molecule has 1 fully saturated rings. The van der Waals surface area contributed by atoms with Gasteiger partial charge in [-0.2, -0.15) is 0 Å². The monoisotopic (exact) mass is 341 g/mol. The molecule has 1 saturated heterocycles. The number of pyridine rings is 1. The Labute approximate surface area is 147 Å². The molecule has 1 aliphatic rings. The third-order valence-corrected chi connectivity index (χ3v) is 4.54. The molecule has 25 heavy (non-hydrogen) atoms. The van der Waals surface area contributed by atoms with Crippen molar-refractivity contribution in [3.05, 3.63) is 47.7 Å². The number of likely N-dealkylation sites (tertiary alicyclic amines) is 1. The van der Waals surface area contributed by atoms with Crippen molar-refractivity contribution in [1.82, 2.24) is 9.88 Å². The Bertz CT molecular complexity index is 784. The minimum Gasteiger partial charge on any atom is -0.464 e. The number of nitrogens with one attached hydrogen (secondary N) is 1. The maximum absolute atomic E-state index is 12.7. The lowest BCUT2D eigenvalue weighted by atomic mass is 9.91. The highest BCUT2D eigenvalue weighted by Gasteiger charge is 2.35. The summed E-state index contributed by atoms with van der Waals surface area (Å²) in [6.45, 7) is 6.46. The Morgan fingerprint density at radius 1 is 1.28 bits per heavy atom. The quantitative estimate of drug-likeness (QED) is 0.851. The van der Waals surface area contributed by atoms with Gasteiger partial charge in [-0.1, -0.05) is 6.92 Å². The minimum atomic E-state index is -0.643. The fraction of sp³-hybridized carbons (Fsp3) is 0.421. The first kappa shape index (κ1) is 17.2. The molecule has 0 saturated carbocycles. The van der Waals surface area contributed by atoms with E-state index in [0.29, 0.717) is 18.2 Å². The number of hydrogen-bond acceptors (Lipinski definition) is 4. The summed E-state index contributed by atoms with van der Waals surface area (Å²) in [5.74, 6) is 0.838. The number of amides is 2. The van der Waals surface area contributed by atoms with Crippen LogP contribution in [0.4, 0.5) is 5.69 Å². The van der Waals surface area contributed by atoms with E-state index in [2.05, 4.69) is 17.2 Å². The molecular weight excluding hydrogens is 318 g/mol. The number of nitrogens with zero attached hydrogens (tertiary/aromatic N) is 2. The van der Waals surface area contributed by atoms with Crippen molar-refractivity contribution in [2.24, 2.45) is 5.92 Å². The molecule has 132 valence electrons. The lowest BCUT2D eigenvalue weighted by molar-refractivity contribution is -0.146. The van der Waals surface area contributed by atoms with Gasteiger partial charge in [-0.3, -0.25) is 14.6 Å². The maximum Gasteiger partial charge on any atom is 0.313 e. The second kappa shape index (κ2) is 7.09. The Kier molecular flexibility index (Phi) is 4.88. The fourth-order valence-electron chi connectivity index (χ4n) is 3.23. The summed E-state index contributed by atoms with van der Waals surface area (Å²) in [5, 5.41) is 2.64. The first-order valence-corrected chi connectivity index (χ1v) is 8.54. The van der Waals surface area contributed by atoms with Crippen LogP contribution in [-0.2, 0) is 9.59 Å². The maximum atomic E-state index is 12.7. The third kappa shape index (κ3) is 3.90. The Hall–Kier alpha value is -2.63. The van der Waals surface area contributed by atoms with Crippen LogP contribution in [0.2, 0.25) is 0 Å². The Morgan fingerprint density at radius 3 is 2.76 bits per heavy atom. The summed E-state index contributed by atoms with van der Waals surface area (Å²) in [6.07, 6.45) is 4.89. The van der Waals surface area contributed by atoms with Crippen molar-refractivity contribution in [3.8, 4) is 0 Å². The molecule has 0 aromatic carbocycles. The van der Waals surface area contributed by atoms with Crippen molar-refractivity contribution in [1.29, 1.82) is 0 Å². The van der Waals surface area contributed by atoms with Gasteiger partial charge in [-0.05, 0) is 56.4 Å². The van der Waals surface area contributed by atoms with Crippen LogP contribution < -0.4 is 5.32 Å². The number of piperidine rings is 1. The lowest BCUT2D eigenvalue weighted by Gasteiger charge is -2.36. The van der Waals surface area contributed by atoms with Gasteiger partial charge in [0.15, 0.2) is 0 Å². The van der Waals surface area contributed by atoms with E-state index in [0.717, 1.165) is 29.9 Å². The van der Waals surface area contributed by atoms with Gasteiger partial charge in [0.1, 0.15) is 11.5 Å². The zero-order chi connectivity index (χ0) is 18.0. The molecule has 2 atom stereocenters. The van der Waals surface area contributed by atoms with Gasteiger partial charge in [0.05, 0.1) is 17.9 Å². The summed E-state index contributed by atoms with van der Waals surface area (Å²) in [5.41, 5.74) is 1.44. The topological polar surface area (TPSA) is 75.4 Å². The van der Waals surface area contributed by atoms with Crippen molar-refractivity contribution < 1.29 is 14.0 Å². The van der Waals surface area contributed by atoms with Crippen LogP contribution >= 0.6 is 0 Å². The summed E-state index contributed by atoms with van der Waals surface area (Å²) >= 11 is 0. The van der Waals surface area contributed by atoms with Gasteiger partial charge in [0.2, 0.25) is 0 Å². The van der Waals surface area contributed by atoms with Crippen molar-refractivity contribution in [2.75, 3.05) is 11.9 Å². The standard InChI is InChI=1S/C19H23N3O3/c1-12-6-7-22(16(9-12)17-5-4-14(3)25-17)19(24)18(23)21-15-8-13(2)10-20-11-15/h4-5,8,10-12,16H,6-7,9H2,1-3H3,(H,21,23)/t12-,16-/m1/s1. The highest BCUT2D eigenvalue weighted by Crippen LogP contribution is 2.35. The second-order valence-electron chi connectivity index (χ2n) is 6.80. The van der Waals surface area contributed by atoms with E-state index in [4.69, 9.17) is 4.42 Å². The average molecular weight is 341 g/mol. The number of aromatic nitrogens is 1. The third-order valence-electron chi connectivity index (χ3n) is 4.54. The molecular formula is C19H23N3O3. The average Bonchev–Trinajstić information content (AvgIpc) is 3.00. The number of carbonyl (C=O) groups excluding carboxylic acids is 2. The van der Waals surface area contributed by atoms with Crippen LogP contribution in [0.1, 0.15) is 42.9 Å². The Morgan fingerprint density at radius 2 is 2.08 bits per heavy atom. The van der Waals surface area contributed by atoms with Crippen LogP contribution in [0, 0.1) is 19.8 Å². The predicted octanol–water partition coefficient (Wildman–Crippen LogP) is 3.23. The number of aryl methyl sites for hydroxylation is 2. The number of anilines is 1. The Balaban J connectivity index is 1.77. The zero-order valence-corrected chi connectivity index (χ0v) is 14.8. The SMILES string of the molecule is Cc1cncc(NC(=O)C(=O)N2CC[C@@H](C)C[C@@H]2c2ccc(C)o2)c1. The van der Waals surface area contributed by atoms with E-state index in [9.17, 15) is 9.59 Å². The molecule has 0 bridgehead atoms. The van der Waals surface area contributed by atoms with Crippen molar-refractivity contribution in [3.63, 3.8) is 0 Å². The van der Waals surface area contributed by atoms with Crippen LogP contribution in [0.25, 0.3) is 0 Å². The molecule has 1 aliphatic heterocycles. The van der Waals surface area contributed by atoms with Gasteiger partial charge in [0.25, 0.3) is 0 Å². The molecule has 6 nitrogen and oxygen atoms in total. The van der Waals surface area contributed by atoms with Gasteiger partial charge in [-0.15, -0.1) is 0 Å². The summed E-state index contributed by atoms with van der Waals surface area (Å²) < 4.78 is 5.73. The van der Waals surface area contributed by atoms with E-state index >= 15 is 0 Å². The van der Waals surface area contributed by atoms with E-state index in [1.165, 1.54) is 6.20 Å². The number of rotatable bonds is 2. The molecule has 6 heteroatoms. The number of carbonyl (C=O) groups is 2. The fourth-order valence-corrected chi connectivity index (χ4v) is 3.23. The van der Waals surface area contributed by atoms with E-state index in [-0.39, 0.29) is 6.04 Å². The van der Waals surface area contributed by atoms with E-state index in [1.54, 1.807) is 17.2 Å². The molecule has 1 N–H and O–H groups in total. The van der Waals surface area contributed by atoms with Crippen LogP contribution in [0.15, 0.2) is 35.0 Å². The largest absolute Gasteiger partial charge is 0.464 e. The number of hydrogen-bond donors (Lipinski definition) is 1. The first-order valence-electron chi connectivity index (χ1n) is 8.54. The molecule has 0 spiro atoms. The summed E-state index contributed by atoms with van der Waals surface area (Å²) in [4.78, 5) is 30.8. The zero-order valence-electron chi connectivity index (χ0n) is 14.8. The first-order chi connectivity index (χ1) is 11.9. The molecule has 2 amide bonds. The van der Waals surface area contributed by atoms with Crippen LogP contribution in [0.5, 0.6) is 0 Å². The van der Waals surface area contributed by atoms with Gasteiger partial charge < -0.3 is 14.6 Å². The van der Waals surface area contributed by atoms with Gasteiger partial charge in [-0.25, -0.2) is 0 Å². The molecule has 2 aromatic heterocycles. The smallest absolute Gasteiger partial charge is 0.313 e. The molecule has 2 aromatic rings. The molecule has 0 aliphatic carbocycles. The highest BCUT2D eigenvalue weighted by molar-refractivity contribution is 6.39. The van der Waals surface area contributed by atoms with Gasteiger partial charge in [0, 0.05) is 12.7 Å². The van der Waals surface area contributed by atoms with E-state index < -0.39 is 11.8 Å². The highest BCUT2D eigenvalue weighted by atomic mass is 16.3. The molecule has 0 radical (unpaired) electrons. The molecule has 0 unspecified atom stereocenters. The van der Waals surface area contributed by atoms with Gasteiger partial charge >= 0.3 is 11.8 Å². The second-order valence-corrected chi connectivity index (χ2v) is 6.80. The lowest BCUT2D eigenvalue weighted by Crippen LogP contribution is -2.45. The summed E-state index contributed by atoms with van der Waals surface area (Å²) in [7, 11) is 0. The summed E-state index contributed by atoms with van der Waals surface area (Å²) in [6, 6.07) is 5.35. The van der Waals surface area contributed by atoms with Crippen molar-refractivity contribution >= 4 is 17.5 Å². The number of furan rings is 1. The predicted molar refractivity (Wildman–Crippen MR) is 93.9 cm³/mol. The molecule has 3 heterocycles. The van der Waals surface area contributed by atoms with Crippen LogP contribution in [-0.4, -0.2) is 28.2 Å². The van der Waals surface area contributed by atoms with Crippen molar-refractivity contribution in [2.45, 2.75) is 39.7 Å². The van der Waals surface area contributed by atoms with E-state index in [1.807, 2.05) is 26.0 Å². The van der Waals surface area contributed by atoms with Crippen LogP contribution in [0.3, 0.4) is 0 Å².